The van der Waals surface area contributed by atoms with Gasteiger partial charge in [-0.25, -0.2) is 0 Å². The summed E-state index contributed by atoms with van der Waals surface area (Å²) in [5.41, 5.74) is 2.03. The number of rotatable bonds is 8. The van der Waals surface area contributed by atoms with Gasteiger partial charge in [-0.1, -0.05) is 23.7 Å². The smallest absolute Gasteiger partial charge is 0.134 e. The molecule has 0 saturated heterocycles. The van der Waals surface area contributed by atoms with Gasteiger partial charge in [-0.05, 0) is 30.7 Å². The fraction of sp³-hybridized carbons (Fsp3) is 0.375. The normalized spacial score (nSPS) is 10.5. The van der Waals surface area contributed by atoms with Gasteiger partial charge in [0.25, 0.3) is 0 Å². The third kappa shape index (κ3) is 5.30. The predicted octanol–water partition coefficient (Wildman–Crippen LogP) is 3.43. The molecule has 0 unspecified atom stereocenters. The van der Waals surface area contributed by atoms with Gasteiger partial charge < -0.3 is 19.6 Å². The van der Waals surface area contributed by atoms with E-state index in [9.17, 15) is 0 Å². The highest BCUT2D eigenvalue weighted by molar-refractivity contribution is 6.31. The zero-order chi connectivity index (χ0) is 15.1. The van der Waals surface area contributed by atoms with E-state index in [4.69, 9.17) is 25.9 Å². The van der Waals surface area contributed by atoms with E-state index in [-0.39, 0.29) is 19.0 Å². The minimum absolute atomic E-state index is 0. The highest BCUT2D eigenvalue weighted by atomic mass is 35.5. The number of furan rings is 1. The average molecular weight is 346 g/mol. The lowest BCUT2D eigenvalue weighted by Gasteiger charge is -2.05. The molecule has 1 heterocycles. The number of nitrogens with one attached hydrogen (secondary N) is 1. The number of halogens is 2. The average Bonchev–Trinajstić information content (AvgIpc) is 2.94. The summed E-state index contributed by atoms with van der Waals surface area (Å²) in [6.07, 6.45) is 0. The summed E-state index contributed by atoms with van der Waals surface area (Å²) in [7, 11) is 0. The van der Waals surface area contributed by atoms with Gasteiger partial charge in [-0.3, -0.25) is 0 Å². The van der Waals surface area contributed by atoms with Gasteiger partial charge in [0.05, 0.1) is 26.4 Å². The van der Waals surface area contributed by atoms with Crippen LogP contribution in [-0.2, 0) is 11.3 Å². The molecule has 0 saturated carbocycles. The van der Waals surface area contributed by atoms with Crippen LogP contribution >= 0.6 is 24.0 Å². The molecule has 0 aliphatic heterocycles. The van der Waals surface area contributed by atoms with E-state index in [0.717, 1.165) is 27.7 Å². The van der Waals surface area contributed by atoms with Gasteiger partial charge in [0.2, 0.25) is 0 Å². The van der Waals surface area contributed by atoms with Gasteiger partial charge in [-0.15, -0.1) is 12.4 Å². The van der Waals surface area contributed by atoms with Crippen molar-refractivity contribution in [3.8, 4) is 11.3 Å². The molecule has 0 atom stereocenters. The van der Waals surface area contributed by atoms with Crippen LogP contribution in [0, 0.1) is 6.92 Å². The van der Waals surface area contributed by atoms with Crippen molar-refractivity contribution in [2.75, 3.05) is 26.4 Å². The Morgan fingerprint density at radius 1 is 1.23 bits per heavy atom. The van der Waals surface area contributed by atoms with Crippen LogP contribution in [-0.4, -0.2) is 31.5 Å². The molecule has 2 N–H and O–H groups in total. The van der Waals surface area contributed by atoms with Crippen LogP contribution in [0.3, 0.4) is 0 Å². The van der Waals surface area contributed by atoms with Crippen LogP contribution < -0.4 is 5.32 Å². The van der Waals surface area contributed by atoms with Crippen molar-refractivity contribution in [1.82, 2.24) is 5.32 Å². The van der Waals surface area contributed by atoms with Crippen LogP contribution in [0.2, 0.25) is 5.02 Å². The fourth-order valence-electron chi connectivity index (χ4n) is 2.01. The monoisotopic (exact) mass is 345 g/mol. The zero-order valence-electron chi connectivity index (χ0n) is 12.5. The lowest BCUT2D eigenvalue weighted by molar-refractivity contribution is 0.0936. The first-order valence-corrected chi connectivity index (χ1v) is 7.33. The number of ether oxygens (including phenoxy) is 1. The summed E-state index contributed by atoms with van der Waals surface area (Å²) in [4.78, 5) is 0. The molecule has 2 rings (SSSR count). The molecule has 1 aromatic carbocycles. The van der Waals surface area contributed by atoms with Crippen molar-refractivity contribution in [1.29, 1.82) is 0 Å². The molecule has 0 amide bonds. The number of aliphatic hydroxyl groups is 1. The summed E-state index contributed by atoms with van der Waals surface area (Å²) in [5, 5.41) is 12.5. The van der Waals surface area contributed by atoms with E-state index < -0.39 is 0 Å². The van der Waals surface area contributed by atoms with Gasteiger partial charge in [0.15, 0.2) is 0 Å². The van der Waals surface area contributed by atoms with E-state index in [0.29, 0.717) is 26.3 Å². The standard InChI is InChI=1S/C16H20ClNO3.ClH/c1-12-14(3-2-4-15(12)17)16-6-5-13(21-16)11-18-7-9-20-10-8-19;/h2-6,18-19H,7-11H2,1H3;1H. The van der Waals surface area contributed by atoms with Gasteiger partial charge in [-0.2, -0.15) is 0 Å². The molecule has 2 aromatic rings. The Hall–Kier alpha value is -1.04. The van der Waals surface area contributed by atoms with Crippen molar-refractivity contribution in [3.63, 3.8) is 0 Å². The van der Waals surface area contributed by atoms with Crippen molar-refractivity contribution < 1.29 is 14.3 Å². The molecular formula is C16H21Cl2NO3. The highest BCUT2D eigenvalue weighted by Gasteiger charge is 2.09. The van der Waals surface area contributed by atoms with Crippen LogP contribution in [0.15, 0.2) is 34.7 Å². The van der Waals surface area contributed by atoms with E-state index >= 15 is 0 Å². The molecule has 1 aromatic heterocycles. The van der Waals surface area contributed by atoms with E-state index in [1.165, 1.54) is 0 Å². The van der Waals surface area contributed by atoms with Gasteiger partial charge >= 0.3 is 0 Å². The summed E-state index contributed by atoms with van der Waals surface area (Å²) in [6.45, 7) is 4.34. The maximum atomic E-state index is 8.58. The van der Waals surface area contributed by atoms with Crippen molar-refractivity contribution >= 4 is 24.0 Å². The minimum Gasteiger partial charge on any atom is -0.460 e. The van der Waals surface area contributed by atoms with E-state index in [1.807, 2.05) is 37.3 Å². The summed E-state index contributed by atoms with van der Waals surface area (Å²) >= 11 is 6.13. The molecule has 4 nitrogen and oxygen atoms in total. The summed E-state index contributed by atoms with van der Waals surface area (Å²) < 4.78 is 11.0. The lowest BCUT2D eigenvalue weighted by atomic mass is 10.1. The fourth-order valence-corrected chi connectivity index (χ4v) is 2.19. The van der Waals surface area contributed by atoms with Crippen LogP contribution in [0.1, 0.15) is 11.3 Å². The van der Waals surface area contributed by atoms with E-state index in [1.54, 1.807) is 0 Å². The van der Waals surface area contributed by atoms with Gasteiger partial charge in [0, 0.05) is 17.1 Å². The first-order chi connectivity index (χ1) is 10.2. The topological polar surface area (TPSA) is 54.6 Å². The quantitative estimate of drug-likeness (QED) is 0.719. The van der Waals surface area contributed by atoms with Crippen molar-refractivity contribution in [2.24, 2.45) is 0 Å². The molecule has 6 heteroatoms. The molecule has 22 heavy (non-hydrogen) atoms. The molecule has 0 aliphatic carbocycles. The van der Waals surface area contributed by atoms with Crippen LogP contribution in [0.4, 0.5) is 0 Å². The highest BCUT2D eigenvalue weighted by Crippen LogP contribution is 2.29. The Kier molecular flexibility index (Phi) is 8.53. The predicted molar refractivity (Wildman–Crippen MR) is 90.8 cm³/mol. The van der Waals surface area contributed by atoms with Crippen LogP contribution in [0.5, 0.6) is 0 Å². The Morgan fingerprint density at radius 2 is 2.05 bits per heavy atom. The summed E-state index contributed by atoms with van der Waals surface area (Å²) in [5.74, 6) is 1.69. The largest absolute Gasteiger partial charge is 0.460 e. The maximum Gasteiger partial charge on any atom is 0.134 e. The third-order valence-corrected chi connectivity index (χ3v) is 3.56. The number of benzene rings is 1. The maximum absolute atomic E-state index is 8.58. The second kappa shape index (κ2) is 9.87. The van der Waals surface area contributed by atoms with Crippen LogP contribution in [0.25, 0.3) is 11.3 Å². The summed E-state index contributed by atoms with van der Waals surface area (Å²) in [6, 6.07) is 9.71. The Labute approximate surface area is 141 Å². The molecular weight excluding hydrogens is 325 g/mol. The molecule has 0 aliphatic rings. The minimum atomic E-state index is 0. The number of hydrogen-bond acceptors (Lipinski definition) is 4. The Morgan fingerprint density at radius 3 is 2.82 bits per heavy atom. The van der Waals surface area contributed by atoms with Gasteiger partial charge in [0.1, 0.15) is 11.5 Å². The first kappa shape index (κ1) is 19.0. The number of aliphatic hydroxyl groups excluding tert-OH is 1. The van der Waals surface area contributed by atoms with E-state index in [2.05, 4.69) is 5.32 Å². The SMILES string of the molecule is Cc1c(Cl)cccc1-c1ccc(CNCCOCCO)o1.Cl. The molecule has 0 bridgehead atoms. The second-order valence-electron chi connectivity index (χ2n) is 4.69. The molecule has 0 fully saturated rings. The number of hydrogen-bond donors (Lipinski definition) is 2. The third-order valence-electron chi connectivity index (χ3n) is 3.15. The molecule has 0 radical (unpaired) electrons. The Balaban J connectivity index is 0.00000242. The zero-order valence-corrected chi connectivity index (χ0v) is 14.0. The first-order valence-electron chi connectivity index (χ1n) is 6.96. The van der Waals surface area contributed by atoms with Crippen molar-refractivity contribution in [2.45, 2.75) is 13.5 Å². The lowest BCUT2D eigenvalue weighted by Crippen LogP contribution is -2.19. The Bertz CT molecular complexity index is 572. The second-order valence-corrected chi connectivity index (χ2v) is 5.10. The molecule has 122 valence electrons. The molecule has 0 spiro atoms. The van der Waals surface area contributed by atoms with Crippen molar-refractivity contribution in [3.05, 3.63) is 46.7 Å².